The predicted molar refractivity (Wildman–Crippen MR) is 82.1 cm³/mol. The molecule has 2 unspecified atom stereocenters. The third-order valence-electron chi connectivity index (χ3n) is 4.67. The SMILES string of the molecule is COc1ccc(C(=O)N2CCC3CCCCC32)cc1Br. The van der Waals surface area contributed by atoms with Gasteiger partial charge in [0.25, 0.3) is 5.91 Å². The van der Waals surface area contributed by atoms with Crippen LogP contribution in [0.3, 0.4) is 0 Å². The first-order chi connectivity index (χ1) is 9.70. The maximum Gasteiger partial charge on any atom is 0.254 e. The molecule has 1 saturated heterocycles. The summed E-state index contributed by atoms with van der Waals surface area (Å²) >= 11 is 3.46. The van der Waals surface area contributed by atoms with Crippen molar-refractivity contribution < 1.29 is 9.53 Å². The normalized spacial score (nSPS) is 25.4. The molecule has 0 N–H and O–H groups in total. The Labute approximate surface area is 128 Å². The van der Waals surface area contributed by atoms with Crippen molar-refractivity contribution in [3.8, 4) is 5.75 Å². The van der Waals surface area contributed by atoms with Gasteiger partial charge in [-0.25, -0.2) is 0 Å². The van der Waals surface area contributed by atoms with Crippen molar-refractivity contribution in [3.05, 3.63) is 28.2 Å². The molecule has 3 nitrogen and oxygen atoms in total. The van der Waals surface area contributed by atoms with E-state index in [9.17, 15) is 4.79 Å². The second-order valence-electron chi connectivity index (χ2n) is 5.75. The number of ether oxygens (including phenoxy) is 1. The third-order valence-corrected chi connectivity index (χ3v) is 5.29. The van der Waals surface area contributed by atoms with Gasteiger partial charge in [-0.05, 0) is 59.3 Å². The molecular weight excluding hydrogens is 318 g/mol. The topological polar surface area (TPSA) is 29.5 Å². The standard InChI is InChI=1S/C16H20BrNO2/c1-20-15-7-6-12(10-13(15)17)16(19)18-9-8-11-4-2-3-5-14(11)18/h6-7,10-11,14H,2-5,8-9H2,1H3. The number of fused-ring (bicyclic) bond motifs is 1. The molecule has 0 spiro atoms. The lowest BCUT2D eigenvalue weighted by Crippen LogP contribution is -2.39. The molecule has 3 rings (SSSR count). The summed E-state index contributed by atoms with van der Waals surface area (Å²) < 4.78 is 6.06. The molecule has 2 fully saturated rings. The molecule has 2 aliphatic rings. The first kappa shape index (κ1) is 13.9. The Morgan fingerprint density at radius 2 is 2.10 bits per heavy atom. The van der Waals surface area contributed by atoms with Gasteiger partial charge in [0.05, 0.1) is 11.6 Å². The summed E-state index contributed by atoms with van der Waals surface area (Å²) in [5.74, 6) is 1.66. The number of halogens is 1. The van der Waals surface area contributed by atoms with Gasteiger partial charge in [-0.2, -0.15) is 0 Å². The molecule has 1 saturated carbocycles. The summed E-state index contributed by atoms with van der Waals surface area (Å²) in [5, 5.41) is 0. The monoisotopic (exact) mass is 337 g/mol. The third kappa shape index (κ3) is 2.46. The molecule has 1 aromatic rings. The van der Waals surface area contributed by atoms with Gasteiger partial charge in [0.1, 0.15) is 5.75 Å². The zero-order valence-corrected chi connectivity index (χ0v) is 13.4. The van der Waals surface area contributed by atoms with Crippen LogP contribution in [0.15, 0.2) is 22.7 Å². The van der Waals surface area contributed by atoms with Crippen LogP contribution in [0.2, 0.25) is 0 Å². The summed E-state index contributed by atoms with van der Waals surface area (Å²) in [6.07, 6.45) is 6.23. The Bertz CT molecular complexity index is 517. The Balaban J connectivity index is 1.80. The highest BCUT2D eigenvalue weighted by atomic mass is 79.9. The van der Waals surface area contributed by atoms with Crippen LogP contribution >= 0.6 is 15.9 Å². The molecule has 108 valence electrons. The summed E-state index contributed by atoms with van der Waals surface area (Å²) in [7, 11) is 1.63. The summed E-state index contributed by atoms with van der Waals surface area (Å²) in [6.45, 7) is 0.914. The highest BCUT2D eigenvalue weighted by Crippen LogP contribution is 2.37. The number of amides is 1. The minimum atomic E-state index is 0.169. The highest BCUT2D eigenvalue weighted by molar-refractivity contribution is 9.10. The van der Waals surface area contributed by atoms with Crippen molar-refractivity contribution >= 4 is 21.8 Å². The Kier molecular flexibility index (Phi) is 4.01. The number of methoxy groups -OCH3 is 1. The minimum absolute atomic E-state index is 0.169. The molecule has 0 bridgehead atoms. The van der Waals surface area contributed by atoms with Crippen molar-refractivity contribution in [1.82, 2.24) is 4.90 Å². The van der Waals surface area contributed by atoms with Crippen molar-refractivity contribution in [1.29, 1.82) is 0 Å². The Morgan fingerprint density at radius 1 is 1.30 bits per heavy atom. The number of benzene rings is 1. The maximum atomic E-state index is 12.7. The van der Waals surface area contributed by atoms with Gasteiger partial charge in [-0.3, -0.25) is 4.79 Å². The van der Waals surface area contributed by atoms with E-state index in [1.165, 1.54) is 32.1 Å². The number of hydrogen-bond acceptors (Lipinski definition) is 2. The lowest BCUT2D eigenvalue weighted by Gasteiger charge is -2.31. The van der Waals surface area contributed by atoms with Crippen LogP contribution in [0.1, 0.15) is 42.5 Å². The van der Waals surface area contributed by atoms with E-state index >= 15 is 0 Å². The molecule has 1 amide bonds. The van der Waals surface area contributed by atoms with Gasteiger partial charge >= 0.3 is 0 Å². The Hall–Kier alpha value is -1.03. The van der Waals surface area contributed by atoms with E-state index in [-0.39, 0.29) is 5.91 Å². The van der Waals surface area contributed by atoms with E-state index in [1.54, 1.807) is 7.11 Å². The second kappa shape index (κ2) is 5.76. The zero-order chi connectivity index (χ0) is 14.1. The van der Waals surface area contributed by atoms with Gasteiger partial charge in [-0.1, -0.05) is 12.8 Å². The van der Waals surface area contributed by atoms with Crippen molar-refractivity contribution in [2.24, 2.45) is 5.92 Å². The fraction of sp³-hybridized carbons (Fsp3) is 0.562. The average molecular weight is 338 g/mol. The second-order valence-corrected chi connectivity index (χ2v) is 6.60. The first-order valence-electron chi connectivity index (χ1n) is 7.35. The van der Waals surface area contributed by atoms with Crippen LogP contribution in [-0.4, -0.2) is 30.5 Å². The molecule has 0 aromatic heterocycles. The predicted octanol–water partition coefficient (Wildman–Crippen LogP) is 3.86. The summed E-state index contributed by atoms with van der Waals surface area (Å²) in [5.41, 5.74) is 0.754. The quantitative estimate of drug-likeness (QED) is 0.819. The fourth-order valence-electron chi connectivity index (χ4n) is 3.62. The first-order valence-corrected chi connectivity index (χ1v) is 8.14. The van der Waals surface area contributed by atoms with E-state index in [1.807, 2.05) is 18.2 Å². The van der Waals surface area contributed by atoms with Gasteiger partial charge in [0.2, 0.25) is 0 Å². The lowest BCUT2D eigenvalue weighted by molar-refractivity contribution is 0.0690. The van der Waals surface area contributed by atoms with Gasteiger partial charge in [0, 0.05) is 18.2 Å². The van der Waals surface area contributed by atoms with Crippen LogP contribution in [0, 0.1) is 5.92 Å². The number of carbonyl (C=O) groups excluding carboxylic acids is 1. The van der Waals surface area contributed by atoms with Crippen molar-refractivity contribution in [3.63, 3.8) is 0 Å². The zero-order valence-electron chi connectivity index (χ0n) is 11.8. The van der Waals surface area contributed by atoms with E-state index < -0.39 is 0 Å². The number of likely N-dealkylation sites (tertiary alicyclic amines) is 1. The van der Waals surface area contributed by atoms with Crippen LogP contribution in [0.4, 0.5) is 0 Å². The Morgan fingerprint density at radius 3 is 2.85 bits per heavy atom. The van der Waals surface area contributed by atoms with Crippen LogP contribution in [-0.2, 0) is 0 Å². The van der Waals surface area contributed by atoms with Crippen LogP contribution in [0.25, 0.3) is 0 Å². The van der Waals surface area contributed by atoms with E-state index in [0.29, 0.717) is 6.04 Å². The van der Waals surface area contributed by atoms with Gasteiger partial charge in [-0.15, -0.1) is 0 Å². The van der Waals surface area contributed by atoms with Crippen molar-refractivity contribution in [2.75, 3.05) is 13.7 Å². The summed E-state index contributed by atoms with van der Waals surface area (Å²) in [4.78, 5) is 14.8. The van der Waals surface area contributed by atoms with E-state index in [2.05, 4.69) is 20.8 Å². The molecule has 2 atom stereocenters. The molecule has 4 heteroatoms. The summed E-state index contributed by atoms with van der Waals surface area (Å²) in [6, 6.07) is 6.06. The van der Waals surface area contributed by atoms with Gasteiger partial charge < -0.3 is 9.64 Å². The van der Waals surface area contributed by atoms with Crippen molar-refractivity contribution in [2.45, 2.75) is 38.1 Å². The number of nitrogens with zero attached hydrogens (tertiary/aromatic N) is 1. The molecule has 1 aromatic carbocycles. The number of carbonyl (C=O) groups is 1. The number of hydrogen-bond donors (Lipinski definition) is 0. The van der Waals surface area contributed by atoms with Gasteiger partial charge in [0.15, 0.2) is 0 Å². The largest absolute Gasteiger partial charge is 0.496 e. The van der Waals surface area contributed by atoms with E-state index in [0.717, 1.165) is 28.2 Å². The van der Waals surface area contributed by atoms with Crippen LogP contribution < -0.4 is 4.74 Å². The van der Waals surface area contributed by atoms with E-state index in [4.69, 9.17) is 4.74 Å². The average Bonchev–Trinajstić information content (AvgIpc) is 2.90. The molecule has 1 aliphatic carbocycles. The molecule has 0 radical (unpaired) electrons. The van der Waals surface area contributed by atoms with Crippen LogP contribution in [0.5, 0.6) is 5.75 Å². The number of rotatable bonds is 2. The maximum absolute atomic E-state index is 12.7. The minimum Gasteiger partial charge on any atom is -0.496 e. The molecule has 20 heavy (non-hydrogen) atoms. The smallest absolute Gasteiger partial charge is 0.254 e. The molecule has 1 aliphatic heterocycles. The lowest BCUT2D eigenvalue weighted by atomic mass is 9.85. The fourth-order valence-corrected chi connectivity index (χ4v) is 4.16. The molecule has 1 heterocycles. The molecular formula is C16H20BrNO2. The highest BCUT2D eigenvalue weighted by Gasteiger charge is 2.38.